The Hall–Kier alpha value is -2.91. The first kappa shape index (κ1) is 16.0. The third kappa shape index (κ3) is 3.36. The molecule has 1 aromatic heterocycles. The lowest BCUT2D eigenvalue weighted by Crippen LogP contribution is -2.05. The number of rotatable bonds is 5. The number of carbonyl (C=O) groups excluding carboxylic acids is 1. The fraction of sp³-hybridized carbons (Fsp3) is 0.0556. The van der Waals surface area contributed by atoms with E-state index >= 15 is 0 Å². The highest BCUT2D eigenvalue weighted by atomic mass is 79.9. The van der Waals surface area contributed by atoms with Crippen molar-refractivity contribution < 1.29 is 9.53 Å². The van der Waals surface area contributed by atoms with Crippen LogP contribution in [0, 0.1) is 11.3 Å². The molecule has 0 atom stereocenters. The van der Waals surface area contributed by atoms with E-state index in [4.69, 9.17) is 10.00 Å². The van der Waals surface area contributed by atoms with Crippen LogP contribution in [0.2, 0.25) is 0 Å². The number of aromatic nitrogens is 2. The Labute approximate surface area is 147 Å². The molecule has 0 unspecified atom stereocenters. The molecule has 2 aromatic carbocycles. The van der Waals surface area contributed by atoms with Gasteiger partial charge in [0.15, 0.2) is 12.4 Å². The standard InChI is InChI=1S/C18H12BrN3O2/c19-14-6-7-17(24-9-8-20)16(10-14)18(23)13-11-21-22(12-13)15-4-2-1-3-5-15/h1-7,10-12H,9H2. The largest absolute Gasteiger partial charge is 0.478 e. The second-order valence-corrected chi connectivity index (χ2v) is 5.84. The first-order valence-corrected chi connectivity index (χ1v) is 7.92. The lowest BCUT2D eigenvalue weighted by molar-refractivity contribution is 0.103. The van der Waals surface area contributed by atoms with Crippen molar-refractivity contribution in [2.75, 3.05) is 6.61 Å². The highest BCUT2D eigenvalue weighted by Gasteiger charge is 2.17. The number of para-hydroxylation sites is 1. The van der Waals surface area contributed by atoms with Crippen LogP contribution in [0.4, 0.5) is 0 Å². The van der Waals surface area contributed by atoms with Gasteiger partial charge in [0.2, 0.25) is 0 Å². The SMILES string of the molecule is N#CCOc1ccc(Br)cc1C(=O)c1cnn(-c2ccccc2)c1. The molecule has 3 rings (SSSR count). The number of nitriles is 1. The second kappa shape index (κ2) is 7.11. The van der Waals surface area contributed by atoms with Crippen LogP contribution >= 0.6 is 15.9 Å². The van der Waals surface area contributed by atoms with E-state index in [1.165, 1.54) is 6.20 Å². The second-order valence-electron chi connectivity index (χ2n) is 4.93. The maximum atomic E-state index is 12.8. The van der Waals surface area contributed by atoms with Gasteiger partial charge in [-0.15, -0.1) is 0 Å². The molecule has 0 amide bonds. The van der Waals surface area contributed by atoms with E-state index in [2.05, 4.69) is 21.0 Å². The Balaban J connectivity index is 1.94. The van der Waals surface area contributed by atoms with E-state index in [-0.39, 0.29) is 12.4 Å². The van der Waals surface area contributed by atoms with Crippen molar-refractivity contribution >= 4 is 21.7 Å². The van der Waals surface area contributed by atoms with E-state index in [9.17, 15) is 4.79 Å². The van der Waals surface area contributed by atoms with Crippen molar-refractivity contribution in [3.63, 3.8) is 0 Å². The van der Waals surface area contributed by atoms with Crippen LogP contribution < -0.4 is 4.74 Å². The van der Waals surface area contributed by atoms with Gasteiger partial charge in [-0.25, -0.2) is 4.68 Å². The summed E-state index contributed by atoms with van der Waals surface area (Å²) in [5, 5.41) is 12.9. The molecule has 0 aliphatic rings. The smallest absolute Gasteiger partial charge is 0.199 e. The summed E-state index contributed by atoms with van der Waals surface area (Å²) >= 11 is 3.35. The minimum Gasteiger partial charge on any atom is -0.478 e. The number of nitrogens with zero attached hydrogens (tertiary/aromatic N) is 3. The minimum atomic E-state index is -0.216. The molecule has 1 heterocycles. The molecule has 3 aromatic rings. The van der Waals surface area contributed by atoms with E-state index in [1.54, 1.807) is 29.1 Å². The van der Waals surface area contributed by atoms with Crippen LogP contribution in [0.5, 0.6) is 5.75 Å². The van der Waals surface area contributed by atoms with Crippen molar-refractivity contribution in [1.82, 2.24) is 9.78 Å². The monoisotopic (exact) mass is 381 g/mol. The highest BCUT2D eigenvalue weighted by molar-refractivity contribution is 9.10. The van der Waals surface area contributed by atoms with Crippen molar-refractivity contribution in [3.8, 4) is 17.5 Å². The molecule has 0 aliphatic heterocycles. The average molecular weight is 382 g/mol. The number of benzene rings is 2. The van der Waals surface area contributed by atoms with Crippen LogP contribution in [0.1, 0.15) is 15.9 Å². The van der Waals surface area contributed by atoms with Crippen LogP contribution in [0.3, 0.4) is 0 Å². The van der Waals surface area contributed by atoms with Crippen molar-refractivity contribution in [2.45, 2.75) is 0 Å². The maximum absolute atomic E-state index is 12.8. The van der Waals surface area contributed by atoms with Crippen LogP contribution in [-0.2, 0) is 0 Å². The summed E-state index contributed by atoms with van der Waals surface area (Å²) in [4.78, 5) is 12.8. The Bertz CT molecular complexity index is 914. The zero-order chi connectivity index (χ0) is 16.9. The van der Waals surface area contributed by atoms with Gasteiger partial charge in [0.05, 0.1) is 23.0 Å². The zero-order valence-electron chi connectivity index (χ0n) is 12.5. The minimum absolute atomic E-state index is 0.120. The van der Waals surface area contributed by atoms with Gasteiger partial charge in [-0.2, -0.15) is 10.4 Å². The number of ketones is 1. The van der Waals surface area contributed by atoms with E-state index in [0.29, 0.717) is 16.9 Å². The Morgan fingerprint density at radius 2 is 2.04 bits per heavy atom. The molecule has 6 heteroatoms. The molecule has 0 bridgehead atoms. The molecule has 0 aliphatic carbocycles. The summed E-state index contributed by atoms with van der Waals surface area (Å²) in [5.41, 5.74) is 1.69. The third-order valence-corrected chi connectivity index (χ3v) is 3.84. The molecular weight excluding hydrogens is 370 g/mol. The number of ether oxygens (including phenoxy) is 1. The van der Waals surface area contributed by atoms with E-state index < -0.39 is 0 Å². The molecule has 0 radical (unpaired) electrons. The van der Waals surface area contributed by atoms with Gasteiger partial charge in [0.25, 0.3) is 0 Å². The normalized spacial score (nSPS) is 10.2. The molecule has 0 fully saturated rings. The maximum Gasteiger partial charge on any atom is 0.199 e. The van der Waals surface area contributed by atoms with Gasteiger partial charge < -0.3 is 4.74 Å². The fourth-order valence-electron chi connectivity index (χ4n) is 2.23. The zero-order valence-corrected chi connectivity index (χ0v) is 14.1. The Morgan fingerprint density at radius 3 is 2.79 bits per heavy atom. The van der Waals surface area contributed by atoms with Gasteiger partial charge in [0, 0.05) is 10.7 Å². The quantitative estimate of drug-likeness (QED) is 0.630. The summed E-state index contributed by atoms with van der Waals surface area (Å²) in [6, 6.07) is 16.5. The average Bonchev–Trinajstić information content (AvgIpc) is 3.11. The number of halogens is 1. The fourth-order valence-corrected chi connectivity index (χ4v) is 2.59. The lowest BCUT2D eigenvalue weighted by atomic mass is 10.1. The summed E-state index contributed by atoms with van der Waals surface area (Å²) in [6.07, 6.45) is 3.19. The van der Waals surface area contributed by atoms with Crippen molar-refractivity contribution in [3.05, 3.63) is 76.5 Å². The van der Waals surface area contributed by atoms with Gasteiger partial charge in [0.1, 0.15) is 11.8 Å². The van der Waals surface area contributed by atoms with Crippen molar-refractivity contribution in [2.24, 2.45) is 0 Å². The Morgan fingerprint density at radius 1 is 1.25 bits per heavy atom. The lowest BCUT2D eigenvalue weighted by Gasteiger charge is -2.08. The van der Waals surface area contributed by atoms with Gasteiger partial charge >= 0.3 is 0 Å². The summed E-state index contributed by atoms with van der Waals surface area (Å²) in [5.74, 6) is 0.156. The van der Waals surface area contributed by atoms with Gasteiger partial charge in [-0.3, -0.25) is 4.79 Å². The predicted molar refractivity (Wildman–Crippen MR) is 92.2 cm³/mol. The number of hydrogen-bond acceptors (Lipinski definition) is 4. The summed E-state index contributed by atoms with van der Waals surface area (Å²) in [6.45, 7) is -0.120. The van der Waals surface area contributed by atoms with Crippen LogP contribution in [0.15, 0.2) is 65.4 Å². The molecule has 24 heavy (non-hydrogen) atoms. The first-order valence-electron chi connectivity index (χ1n) is 7.13. The van der Waals surface area contributed by atoms with E-state index in [0.717, 1.165) is 10.2 Å². The van der Waals surface area contributed by atoms with Crippen LogP contribution in [-0.4, -0.2) is 22.2 Å². The summed E-state index contributed by atoms with van der Waals surface area (Å²) < 4.78 is 7.74. The van der Waals surface area contributed by atoms with Crippen molar-refractivity contribution in [1.29, 1.82) is 5.26 Å². The van der Waals surface area contributed by atoms with Gasteiger partial charge in [-0.1, -0.05) is 34.1 Å². The number of hydrogen-bond donors (Lipinski definition) is 0. The molecular formula is C18H12BrN3O2. The summed E-state index contributed by atoms with van der Waals surface area (Å²) in [7, 11) is 0. The third-order valence-electron chi connectivity index (χ3n) is 3.34. The topological polar surface area (TPSA) is 67.9 Å². The molecule has 0 saturated heterocycles. The van der Waals surface area contributed by atoms with E-state index in [1.807, 2.05) is 36.4 Å². The molecule has 5 nitrogen and oxygen atoms in total. The predicted octanol–water partition coefficient (Wildman–Crippen LogP) is 3.77. The number of carbonyl (C=O) groups is 1. The molecule has 0 N–H and O–H groups in total. The molecule has 118 valence electrons. The van der Waals surface area contributed by atoms with Gasteiger partial charge in [-0.05, 0) is 30.3 Å². The highest BCUT2D eigenvalue weighted by Crippen LogP contribution is 2.26. The van der Waals surface area contributed by atoms with Crippen LogP contribution in [0.25, 0.3) is 5.69 Å². The Kier molecular flexibility index (Phi) is 4.73. The molecule has 0 spiro atoms. The molecule has 0 saturated carbocycles. The first-order chi connectivity index (χ1) is 11.7.